The summed E-state index contributed by atoms with van der Waals surface area (Å²) in [5.74, 6) is -0.140. The minimum Gasteiger partial charge on any atom is -0.488 e. The molecule has 0 radical (unpaired) electrons. The van der Waals surface area contributed by atoms with Crippen molar-refractivity contribution in [1.29, 1.82) is 0 Å². The Bertz CT molecular complexity index is 1020. The highest BCUT2D eigenvalue weighted by Crippen LogP contribution is 2.38. The van der Waals surface area contributed by atoms with Crippen molar-refractivity contribution in [3.8, 4) is 0 Å². The maximum Gasteiger partial charge on any atom is 0.170 e. The molecule has 1 aliphatic rings. The number of ether oxygens (including phenoxy) is 3. The monoisotopic (exact) mass is 446 g/mol. The second-order valence-corrected chi connectivity index (χ2v) is 8.45. The van der Waals surface area contributed by atoms with Gasteiger partial charge in [0, 0.05) is 11.5 Å². The van der Waals surface area contributed by atoms with E-state index >= 15 is 4.39 Å². The van der Waals surface area contributed by atoms with Gasteiger partial charge in [-0.2, -0.15) is 0 Å². The van der Waals surface area contributed by atoms with E-state index in [1.807, 2.05) is 78.9 Å². The lowest BCUT2D eigenvalue weighted by Crippen LogP contribution is -2.49. The first-order valence-corrected chi connectivity index (χ1v) is 11.6. The minimum atomic E-state index is -0.660. The van der Waals surface area contributed by atoms with Crippen LogP contribution in [0.1, 0.15) is 37.0 Å². The summed E-state index contributed by atoms with van der Waals surface area (Å²) < 4.78 is 34.8. The molecule has 0 unspecified atom stereocenters. The van der Waals surface area contributed by atoms with Crippen LogP contribution in [0.4, 0.5) is 4.39 Å². The summed E-state index contributed by atoms with van der Waals surface area (Å²) in [5.41, 5.74) is 2.57. The van der Waals surface area contributed by atoms with E-state index in [-0.39, 0.29) is 23.9 Å². The average molecular weight is 447 g/mol. The maximum atomic E-state index is 15.8. The van der Waals surface area contributed by atoms with Crippen LogP contribution in [-0.2, 0) is 27.4 Å². The highest BCUT2D eigenvalue weighted by atomic mass is 19.1. The Kier molecular flexibility index (Phi) is 7.92. The quantitative estimate of drug-likeness (QED) is 0.375. The van der Waals surface area contributed by atoms with Crippen LogP contribution in [0.25, 0.3) is 5.83 Å². The Balaban J connectivity index is 1.67. The van der Waals surface area contributed by atoms with Crippen molar-refractivity contribution in [3.05, 3.63) is 113 Å². The van der Waals surface area contributed by atoms with Crippen LogP contribution >= 0.6 is 0 Å². The van der Waals surface area contributed by atoms with Crippen molar-refractivity contribution >= 4 is 5.83 Å². The van der Waals surface area contributed by atoms with Gasteiger partial charge in [0.2, 0.25) is 0 Å². The van der Waals surface area contributed by atoms with Crippen LogP contribution in [0, 0.1) is 5.92 Å². The molecule has 3 nitrogen and oxygen atoms in total. The Morgan fingerprint density at radius 3 is 1.85 bits per heavy atom. The van der Waals surface area contributed by atoms with E-state index in [2.05, 4.69) is 13.8 Å². The van der Waals surface area contributed by atoms with Crippen LogP contribution in [0.5, 0.6) is 0 Å². The molecule has 1 heterocycles. The number of halogens is 1. The summed E-state index contributed by atoms with van der Waals surface area (Å²) in [7, 11) is 0. The largest absolute Gasteiger partial charge is 0.488 e. The topological polar surface area (TPSA) is 27.7 Å². The summed E-state index contributed by atoms with van der Waals surface area (Å²) in [6.07, 6.45) is -0.417. The molecule has 3 aromatic rings. The SMILES string of the molecule is CC[C@H]1O/C(=C(\F)c2ccccc2)[C@H](OCc2ccccc2)[C@@H](OCc2ccccc2)[C@@H]1C. The highest BCUT2D eigenvalue weighted by molar-refractivity contribution is 5.62. The zero-order chi connectivity index (χ0) is 23.0. The molecule has 0 bridgehead atoms. The van der Waals surface area contributed by atoms with E-state index in [0.29, 0.717) is 18.8 Å². The smallest absolute Gasteiger partial charge is 0.170 e. The van der Waals surface area contributed by atoms with Gasteiger partial charge in [0.1, 0.15) is 12.2 Å². The lowest BCUT2D eigenvalue weighted by molar-refractivity contribution is -0.167. The molecule has 0 spiro atoms. The van der Waals surface area contributed by atoms with E-state index in [4.69, 9.17) is 14.2 Å². The van der Waals surface area contributed by atoms with E-state index in [1.165, 1.54) is 0 Å². The van der Waals surface area contributed by atoms with Gasteiger partial charge in [0.05, 0.1) is 19.3 Å². The standard InChI is InChI=1S/C29H31FO3/c1-3-25-21(2)27(31-19-22-13-7-4-8-14-22)29(32-20-23-15-9-5-10-16-23)28(33-25)26(30)24-17-11-6-12-18-24/h4-18,21,25,27,29H,3,19-20H2,1-2H3/b28-26-/t21-,25-,27+,29-/m1/s1. The molecule has 172 valence electrons. The van der Waals surface area contributed by atoms with Gasteiger partial charge in [0.25, 0.3) is 0 Å². The van der Waals surface area contributed by atoms with Crippen molar-refractivity contribution < 1.29 is 18.6 Å². The van der Waals surface area contributed by atoms with Crippen molar-refractivity contribution in [2.45, 2.75) is 51.8 Å². The zero-order valence-corrected chi connectivity index (χ0v) is 19.2. The summed E-state index contributed by atoms with van der Waals surface area (Å²) in [5, 5.41) is 0. The molecule has 0 aliphatic carbocycles. The van der Waals surface area contributed by atoms with Crippen molar-refractivity contribution in [3.63, 3.8) is 0 Å². The van der Waals surface area contributed by atoms with Crippen LogP contribution in [-0.4, -0.2) is 18.3 Å². The summed E-state index contributed by atoms with van der Waals surface area (Å²) in [6, 6.07) is 28.9. The Morgan fingerprint density at radius 1 is 0.788 bits per heavy atom. The first kappa shape index (κ1) is 23.2. The zero-order valence-electron chi connectivity index (χ0n) is 19.2. The van der Waals surface area contributed by atoms with Crippen LogP contribution in [0.15, 0.2) is 96.8 Å². The fraction of sp³-hybridized carbons (Fsp3) is 0.310. The summed E-state index contributed by atoms with van der Waals surface area (Å²) in [4.78, 5) is 0. The van der Waals surface area contributed by atoms with Gasteiger partial charge in [-0.3, -0.25) is 0 Å². The molecule has 3 aromatic carbocycles. The molecule has 4 rings (SSSR count). The first-order valence-electron chi connectivity index (χ1n) is 11.6. The van der Waals surface area contributed by atoms with Crippen LogP contribution in [0.3, 0.4) is 0 Å². The normalized spacial score (nSPS) is 24.2. The van der Waals surface area contributed by atoms with Crippen molar-refractivity contribution in [2.24, 2.45) is 5.92 Å². The lowest BCUT2D eigenvalue weighted by atomic mass is 9.87. The Labute approximate surface area is 195 Å². The van der Waals surface area contributed by atoms with E-state index in [9.17, 15) is 0 Å². The van der Waals surface area contributed by atoms with E-state index in [1.54, 1.807) is 12.1 Å². The van der Waals surface area contributed by atoms with Gasteiger partial charge < -0.3 is 14.2 Å². The second-order valence-electron chi connectivity index (χ2n) is 8.45. The van der Waals surface area contributed by atoms with Gasteiger partial charge in [-0.1, -0.05) is 105 Å². The number of rotatable bonds is 8. The van der Waals surface area contributed by atoms with Crippen molar-refractivity contribution in [2.75, 3.05) is 0 Å². The Morgan fingerprint density at radius 2 is 1.30 bits per heavy atom. The predicted octanol–water partition coefficient (Wildman–Crippen LogP) is 6.94. The summed E-state index contributed by atoms with van der Waals surface area (Å²) >= 11 is 0. The van der Waals surface area contributed by atoms with Crippen molar-refractivity contribution in [1.82, 2.24) is 0 Å². The molecule has 1 saturated heterocycles. The molecule has 33 heavy (non-hydrogen) atoms. The predicted molar refractivity (Wildman–Crippen MR) is 129 cm³/mol. The molecular formula is C29H31FO3. The van der Waals surface area contributed by atoms with E-state index in [0.717, 1.165) is 17.5 Å². The third-order valence-corrected chi connectivity index (χ3v) is 6.14. The second kappa shape index (κ2) is 11.3. The number of hydrogen-bond acceptors (Lipinski definition) is 3. The minimum absolute atomic E-state index is 0.0341. The molecule has 4 heteroatoms. The fourth-order valence-corrected chi connectivity index (χ4v) is 4.27. The first-order chi connectivity index (χ1) is 16.2. The van der Waals surface area contributed by atoms with Crippen LogP contribution in [0.2, 0.25) is 0 Å². The van der Waals surface area contributed by atoms with Gasteiger partial charge in [-0.15, -0.1) is 0 Å². The number of benzene rings is 3. The molecular weight excluding hydrogens is 415 g/mol. The van der Waals surface area contributed by atoms with Gasteiger partial charge in [-0.05, 0) is 17.5 Å². The fourth-order valence-electron chi connectivity index (χ4n) is 4.27. The van der Waals surface area contributed by atoms with Gasteiger partial charge in [0.15, 0.2) is 11.6 Å². The number of hydrogen-bond donors (Lipinski definition) is 0. The third kappa shape index (κ3) is 5.70. The lowest BCUT2D eigenvalue weighted by Gasteiger charge is -2.42. The summed E-state index contributed by atoms with van der Waals surface area (Å²) in [6.45, 7) is 4.92. The highest BCUT2D eigenvalue weighted by Gasteiger charge is 2.44. The van der Waals surface area contributed by atoms with E-state index < -0.39 is 11.9 Å². The van der Waals surface area contributed by atoms with Crippen LogP contribution < -0.4 is 0 Å². The Hall–Kier alpha value is -2.95. The molecule has 4 atom stereocenters. The molecule has 1 fully saturated rings. The average Bonchev–Trinajstić information content (AvgIpc) is 2.88. The molecule has 1 aliphatic heterocycles. The molecule has 0 N–H and O–H groups in total. The molecule has 0 amide bonds. The molecule has 0 aromatic heterocycles. The van der Waals surface area contributed by atoms with Gasteiger partial charge >= 0.3 is 0 Å². The van der Waals surface area contributed by atoms with Gasteiger partial charge in [-0.25, -0.2) is 4.39 Å². The maximum absolute atomic E-state index is 15.8. The third-order valence-electron chi connectivity index (χ3n) is 6.14. The molecule has 0 saturated carbocycles.